The number of halogens is 1. The SMILES string of the molecule is CCCCOCCOC(=O)CC(C)Cl. The zero-order valence-corrected chi connectivity index (χ0v) is 9.68. The molecule has 3 nitrogen and oxygen atoms in total. The van der Waals surface area contributed by atoms with Gasteiger partial charge in [-0.05, 0) is 13.3 Å². The molecule has 84 valence electrons. The van der Waals surface area contributed by atoms with Crippen LogP contribution in [0.5, 0.6) is 0 Å². The van der Waals surface area contributed by atoms with Crippen LogP contribution in [0.4, 0.5) is 0 Å². The number of alkyl halides is 1. The van der Waals surface area contributed by atoms with Crippen LogP contribution >= 0.6 is 11.6 Å². The maximum Gasteiger partial charge on any atom is 0.307 e. The van der Waals surface area contributed by atoms with Crippen LogP contribution in [0.1, 0.15) is 33.1 Å². The highest BCUT2D eigenvalue weighted by Crippen LogP contribution is 2.01. The summed E-state index contributed by atoms with van der Waals surface area (Å²) in [5, 5.41) is -0.163. The van der Waals surface area contributed by atoms with Gasteiger partial charge in [-0.3, -0.25) is 4.79 Å². The van der Waals surface area contributed by atoms with Crippen molar-refractivity contribution in [2.24, 2.45) is 0 Å². The summed E-state index contributed by atoms with van der Waals surface area (Å²) in [6.45, 7) is 5.40. The molecule has 0 aliphatic rings. The summed E-state index contributed by atoms with van der Waals surface area (Å²) in [5.74, 6) is -0.258. The van der Waals surface area contributed by atoms with Gasteiger partial charge in [-0.1, -0.05) is 13.3 Å². The first-order valence-electron chi connectivity index (χ1n) is 5.04. The molecule has 1 atom stereocenters. The van der Waals surface area contributed by atoms with Crippen LogP contribution in [0.2, 0.25) is 0 Å². The van der Waals surface area contributed by atoms with E-state index in [1.54, 1.807) is 6.92 Å². The number of hydrogen-bond acceptors (Lipinski definition) is 3. The third kappa shape index (κ3) is 9.81. The highest BCUT2D eigenvalue weighted by molar-refractivity contribution is 6.21. The molecule has 0 heterocycles. The summed E-state index contributed by atoms with van der Waals surface area (Å²) in [5.41, 5.74) is 0. The lowest BCUT2D eigenvalue weighted by molar-refractivity contribution is -0.145. The van der Waals surface area contributed by atoms with Crippen LogP contribution in [0.3, 0.4) is 0 Å². The predicted octanol–water partition coefficient (Wildman–Crippen LogP) is 2.36. The zero-order chi connectivity index (χ0) is 10.8. The van der Waals surface area contributed by atoms with E-state index in [9.17, 15) is 4.79 Å². The molecule has 0 aliphatic carbocycles. The van der Waals surface area contributed by atoms with Gasteiger partial charge >= 0.3 is 5.97 Å². The number of unbranched alkanes of at least 4 members (excludes halogenated alkanes) is 1. The summed E-state index contributed by atoms with van der Waals surface area (Å²) < 4.78 is 10.1. The minimum atomic E-state index is -0.258. The molecule has 0 saturated heterocycles. The van der Waals surface area contributed by atoms with Gasteiger partial charge in [0.25, 0.3) is 0 Å². The molecule has 0 aliphatic heterocycles. The van der Waals surface area contributed by atoms with Crippen molar-refractivity contribution in [2.75, 3.05) is 19.8 Å². The number of carbonyl (C=O) groups is 1. The van der Waals surface area contributed by atoms with Crippen molar-refractivity contribution in [1.82, 2.24) is 0 Å². The van der Waals surface area contributed by atoms with Crippen molar-refractivity contribution in [3.63, 3.8) is 0 Å². The highest BCUT2D eigenvalue weighted by Gasteiger charge is 2.06. The molecule has 14 heavy (non-hydrogen) atoms. The lowest BCUT2D eigenvalue weighted by Crippen LogP contribution is -2.13. The average molecular weight is 223 g/mol. The second-order valence-corrected chi connectivity index (χ2v) is 3.92. The molecule has 0 N–H and O–H groups in total. The Morgan fingerprint density at radius 1 is 1.36 bits per heavy atom. The predicted molar refractivity (Wildman–Crippen MR) is 56.6 cm³/mol. The van der Waals surface area contributed by atoms with Gasteiger partial charge in [0.2, 0.25) is 0 Å². The van der Waals surface area contributed by atoms with Crippen LogP contribution in [0.15, 0.2) is 0 Å². The van der Waals surface area contributed by atoms with Gasteiger partial charge in [-0.25, -0.2) is 0 Å². The maximum atomic E-state index is 11.0. The van der Waals surface area contributed by atoms with E-state index >= 15 is 0 Å². The van der Waals surface area contributed by atoms with E-state index in [0.717, 1.165) is 19.4 Å². The summed E-state index contributed by atoms with van der Waals surface area (Å²) in [4.78, 5) is 11.0. The summed E-state index contributed by atoms with van der Waals surface area (Å²) in [7, 11) is 0. The number of carbonyl (C=O) groups excluding carboxylic acids is 1. The van der Waals surface area contributed by atoms with Crippen LogP contribution in [0.25, 0.3) is 0 Å². The van der Waals surface area contributed by atoms with Gasteiger partial charge in [-0.2, -0.15) is 0 Å². The van der Waals surface area contributed by atoms with Crippen molar-refractivity contribution in [3.05, 3.63) is 0 Å². The molecule has 0 saturated carbocycles. The fraction of sp³-hybridized carbons (Fsp3) is 0.900. The molecule has 0 amide bonds. The quantitative estimate of drug-likeness (QED) is 0.359. The molecule has 0 bridgehead atoms. The van der Waals surface area contributed by atoms with Gasteiger partial charge in [0, 0.05) is 12.0 Å². The fourth-order valence-corrected chi connectivity index (χ4v) is 0.977. The van der Waals surface area contributed by atoms with Gasteiger partial charge in [0.1, 0.15) is 6.61 Å². The van der Waals surface area contributed by atoms with Crippen LogP contribution in [0, 0.1) is 0 Å². The molecule has 4 heteroatoms. The van der Waals surface area contributed by atoms with E-state index in [0.29, 0.717) is 13.2 Å². The van der Waals surface area contributed by atoms with E-state index in [1.165, 1.54) is 0 Å². The normalized spacial score (nSPS) is 12.5. The number of rotatable bonds is 8. The van der Waals surface area contributed by atoms with Gasteiger partial charge in [-0.15, -0.1) is 11.6 Å². The minimum Gasteiger partial charge on any atom is -0.463 e. The minimum absolute atomic E-state index is 0.163. The third-order valence-corrected chi connectivity index (χ3v) is 1.74. The van der Waals surface area contributed by atoms with E-state index < -0.39 is 0 Å². The fourth-order valence-electron chi connectivity index (χ4n) is 0.851. The second-order valence-electron chi connectivity index (χ2n) is 3.17. The summed E-state index contributed by atoms with van der Waals surface area (Å²) >= 11 is 5.62. The zero-order valence-electron chi connectivity index (χ0n) is 8.92. The number of hydrogen-bond donors (Lipinski definition) is 0. The maximum absolute atomic E-state index is 11.0. The van der Waals surface area contributed by atoms with Crippen molar-refractivity contribution in [3.8, 4) is 0 Å². The molecule has 0 aromatic rings. The molecule has 0 aromatic carbocycles. The molecule has 0 rings (SSSR count). The first-order valence-corrected chi connectivity index (χ1v) is 5.48. The third-order valence-electron chi connectivity index (χ3n) is 1.58. The van der Waals surface area contributed by atoms with Crippen molar-refractivity contribution < 1.29 is 14.3 Å². The topological polar surface area (TPSA) is 35.5 Å². The largest absolute Gasteiger partial charge is 0.463 e. The Hall–Kier alpha value is -0.280. The Labute approximate surface area is 90.7 Å². The first-order chi connectivity index (χ1) is 6.66. The second kappa shape index (κ2) is 9.28. The van der Waals surface area contributed by atoms with Gasteiger partial charge in [0.15, 0.2) is 0 Å². The Kier molecular flexibility index (Phi) is 9.10. The average Bonchev–Trinajstić information content (AvgIpc) is 2.10. The van der Waals surface area contributed by atoms with Crippen LogP contribution in [-0.2, 0) is 14.3 Å². The number of ether oxygens (including phenoxy) is 2. The summed E-state index contributed by atoms with van der Waals surface area (Å²) in [6, 6.07) is 0. The van der Waals surface area contributed by atoms with Crippen molar-refractivity contribution in [1.29, 1.82) is 0 Å². The standard InChI is InChI=1S/C10H19ClO3/c1-3-4-5-13-6-7-14-10(12)8-9(2)11/h9H,3-8H2,1-2H3. The van der Waals surface area contributed by atoms with Gasteiger partial charge in [0.05, 0.1) is 13.0 Å². The summed E-state index contributed by atoms with van der Waals surface area (Å²) in [6.07, 6.45) is 2.42. The van der Waals surface area contributed by atoms with Crippen LogP contribution < -0.4 is 0 Å². The van der Waals surface area contributed by atoms with Crippen molar-refractivity contribution in [2.45, 2.75) is 38.5 Å². The monoisotopic (exact) mass is 222 g/mol. The molecule has 1 unspecified atom stereocenters. The first kappa shape index (κ1) is 13.7. The Morgan fingerprint density at radius 3 is 2.64 bits per heavy atom. The van der Waals surface area contributed by atoms with Crippen LogP contribution in [-0.4, -0.2) is 31.2 Å². The molecular formula is C10H19ClO3. The molecule has 0 radical (unpaired) electrons. The molecular weight excluding hydrogens is 204 g/mol. The lowest BCUT2D eigenvalue weighted by Gasteiger charge is -2.06. The smallest absolute Gasteiger partial charge is 0.307 e. The number of esters is 1. The van der Waals surface area contributed by atoms with E-state index in [-0.39, 0.29) is 17.8 Å². The van der Waals surface area contributed by atoms with Gasteiger partial charge < -0.3 is 9.47 Å². The van der Waals surface area contributed by atoms with E-state index in [2.05, 4.69) is 6.92 Å². The Morgan fingerprint density at radius 2 is 2.07 bits per heavy atom. The molecule has 0 fully saturated rings. The van der Waals surface area contributed by atoms with E-state index in [4.69, 9.17) is 21.1 Å². The molecule has 0 aromatic heterocycles. The Balaban J connectivity index is 3.15. The Bertz CT molecular complexity index is 148. The van der Waals surface area contributed by atoms with Crippen molar-refractivity contribution >= 4 is 17.6 Å². The molecule has 0 spiro atoms. The van der Waals surface area contributed by atoms with E-state index in [1.807, 2.05) is 0 Å². The highest BCUT2D eigenvalue weighted by atomic mass is 35.5. The lowest BCUT2D eigenvalue weighted by atomic mass is 10.3.